The lowest BCUT2D eigenvalue weighted by Crippen LogP contribution is -2.24. The summed E-state index contributed by atoms with van der Waals surface area (Å²) in [5.41, 5.74) is 1.13. The predicted molar refractivity (Wildman–Crippen MR) is 66.9 cm³/mol. The molecule has 1 N–H and O–H groups in total. The lowest BCUT2D eigenvalue weighted by molar-refractivity contribution is 0.517. The number of imidazole rings is 1. The van der Waals surface area contributed by atoms with Crippen LogP contribution in [0.25, 0.3) is 0 Å². The van der Waals surface area contributed by atoms with Crippen LogP contribution in [-0.4, -0.2) is 16.1 Å². The number of nitrogens with one attached hydrogen (secondary N) is 1. The quantitative estimate of drug-likeness (QED) is 0.862. The van der Waals surface area contributed by atoms with Crippen molar-refractivity contribution in [1.29, 1.82) is 0 Å². The Labute approximate surface area is 102 Å². The molecule has 0 fully saturated rings. The SMILES string of the molecule is CCNC(c1coc(C)c1)c1nccn1CC. The molecular weight excluding hydrogens is 214 g/mol. The number of hydrogen-bond donors (Lipinski definition) is 1. The first-order chi connectivity index (χ1) is 8.26. The predicted octanol–water partition coefficient (Wildman–Crippen LogP) is 2.50. The van der Waals surface area contributed by atoms with Gasteiger partial charge in [-0.3, -0.25) is 0 Å². The standard InChI is InChI=1S/C13H19N3O/c1-4-14-12(11-8-10(3)17-9-11)13-15-6-7-16(13)5-2/h6-9,12,14H,4-5H2,1-3H3. The largest absolute Gasteiger partial charge is 0.469 e. The summed E-state index contributed by atoms with van der Waals surface area (Å²) in [5, 5.41) is 3.45. The van der Waals surface area contributed by atoms with Crippen LogP contribution in [0.5, 0.6) is 0 Å². The highest BCUT2D eigenvalue weighted by molar-refractivity contribution is 5.23. The summed E-state index contributed by atoms with van der Waals surface area (Å²) < 4.78 is 7.53. The fourth-order valence-corrected chi connectivity index (χ4v) is 2.03. The minimum absolute atomic E-state index is 0.104. The van der Waals surface area contributed by atoms with E-state index in [9.17, 15) is 0 Å². The van der Waals surface area contributed by atoms with Crippen molar-refractivity contribution in [3.05, 3.63) is 41.9 Å². The molecule has 92 valence electrons. The van der Waals surface area contributed by atoms with E-state index >= 15 is 0 Å². The van der Waals surface area contributed by atoms with Gasteiger partial charge < -0.3 is 14.3 Å². The summed E-state index contributed by atoms with van der Waals surface area (Å²) in [6.07, 6.45) is 5.65. The van der Waals surface area contributed by atoms with Crippen molar-refractivity contribution in [3.63, 3.8) is 0 Å². The van der Waals surface area contributed by atoms with Crippen LogP contribution < -0.4 is 5.32 Å². The van der Waals surface area contributed by atoms with E-state index in [0.717, 1.165) is 30.2 Å². The van der Waals surface area contributed by atoms with Crippen molar-refractivity contribution in [2.24, 2.45) is 0 Å². The van der Waals surface area contributed by atoms with Gasteiger partial charge in [-0.1, -0.05) is 6.92 Å². The topological polar surface area (TPSA) is 43.0 Å². The van der Waals surface area contributed by atoms with Crippen molar-refractivity contribution in [2.45, 2.75) is 33.4 Å². The molecular formula is C13H19N3O. The van der Waals surface area contributed by atoms with Gasteiger partial charge in [-0.25, -0.2) is 4.98 Å². The second-order valence-corrected chi connectivity index (χ2v) is 4.05. The summed E-state index contributed by atoms with van der Waals surface area (Å²) in [6.45, 7) is 7.99. The van der Waals surface area contributed by atoms with Gasteiger partial charge in [-0.15, -0.1) is 0 Å². The van der Waals surface area contributed by atoms with Gasteiger partial charge >= 0.3 is 0 Å². The number of hydrogen-bond acceptors (Lipinski definition) is 3. The van der Waals surface area contributed by atoms with Gasteiger partial charge in [0.1, 0.15) is 11.6 Å². The molecule has 2 heterocycles. The molecule has 0 radical (unpaired) electrons. The summed E-state index contributed by atoms with van der Waals surface area (Å²) in [6, 6.07) is 2.16. The number of aryl methyl sites for hydroxylation is 2. The second-order valence-electron chi connectivity index (χ2n) is 4.05. The maximum Gasteiger partial charge on any atom is 0.130 e. The van der Waals surface area contributed by atoms with E-state index in [1.165, 1.54) is 0 Å². The zero-order valence-electron chi connectivity index (χ0n) is 10.6. The molecule has 0 aliphatic heterocycles. The molecule has 0 saturated heterocycles. The lowest BCUT2D eigenvalue weighted by Gasteiger charge is -2.17. The van der Waals surface area contributed by atoms with E-state index in [1.54, 1.807) is 6.26 Å². The molecule has 0 bridgehead atoms. The number of furan rings is 1. The van der Waals surface area contributed by atoms with E-state index < -0.39 is 0 Å². The average Bonchev–Trinajstić information content (AvgIpc) is 2.94. The number of rotatable bonds is 5. The molecule has 0 spiro atoms. The van der Waals surface area contributed by atoms with Gasteiger partial charge in [0.2, 0.25) is 0 Å². The molecule has 4 nitrogen and oxygen atoms in total. The molecule has 2 aromatic rings. The Kier molecular flexibility index (Phi) is 3.64. The van der Waals surface area contributed by atoms with Gasteiger partial charge in [0.05, 0.1) is 12.3 Å². The average molecular weight is 233 g/mol. The Hall–Kier alpha value is -1.55. The monoisotopic (exact) mass is 233 g/mol. The summed E-state index contributed by atoms with van der Waals surface area (Å²) >= 11 is 0. The lowest BCUT2D eigenvalue weighted by atomic mass is 10.1. The van der Waals surface area contributed by atoms with E-state index in [2.05, 4.69) is 34.8 Å². The minimum Gasteiger partial charge on any atom is -0.469 e. The molecule has 1 atom stereocenters. The van der Waals surface area contributed by atoms with Gasteiger partial charge in [0, 0.05) is 24.5 Å². The van der Waals surface area contributed by atoms with Crippen molar-refractivity contribution in [1.82, 2.24) is 14.9 Å². The molecule has 0 saturated carbocycles. The first-order valence-corrected chi connectivity index (χ1v) is 6.05. The molecule has 1 unspecified atom stereocenters. The molecule has 0 aliphatic carbocycles. The first-order valence-electron chi connectivity index (χ1n) is 6.05. The van der Waals surface area contributed by atoms with E-state index in [0.29, 0.717) is 0 Å². The molecule has 2 rings (SSSR count). The Morgan fingerprint density at radius 2 is 2.29 bits per heavy atom. The summed E-state index contributed by atoms with van der Waals surface area (Å²) in [5.74, 6) is 1.97. The maximum absolute atomic E-state index is 5.39. The smallest absolute Gasteiger partial charge is 0.130 e. The third-order valence-electron chi connectivity index (χ3n) is 2.84. The normalized spacial score (nSPS) is 12.9. The number of aromatic nitrogens is 2. The van der Waals surface area contributed by atoms with Gasteiger partial charge in [-0.2, -0.15) is 0 Å². The van der Waals surface area contributed by atoms with Crippen LogP contribution in [0.2, 0.25) is 0 Å². The zero-order chi connectivity index (χ0) is 12.3. The molecule has 4 heteroatoms. The Morgan fingerprint density at radius 3 is 2.88 bits per heavy atom. The minimum atomic E-state index is 0.104. The van der Waals surface area contributed by atoms with Crippen LogP contribution in [0.15, 0.2) is 29.1 Å². The van der Waals surface area contributed by atoms with Crippen molar-refractivity contribution < 1.29 is 4.42 Å². The van der Waals surface area contributed by atoms with Crippen LogP contribution in [0.3, 0.4) is 0 Å². The fourth-order valence-electron chi connectivity index (χ4n) is 2.03. The van der Waals surface area contributed by atoms with Gasteiger partial charge in [0.25, 0.3) is 0 Å². The second kappa shape index (κ2) is 5.19. The molecule has 2 aromatic heterocycles. The third-order valence-corrected chi connectivity index (χ3v) is 2.84. The summed E-state index contributed by atoms with van der Waals surface area (Å²) in [4.78, 5) is 4.45. The Bertz CT molecular complexity index is 472. The van der Waals surface area contributed by atoms with Crippen molar-refractivity contribution in [2.75, 3.05) is 6.54 Å². The van der Waals surface area contributed by atoms with Crippen molar-refractivity contribution >= 4 is 0 Å². The zero-order valence-corrected chi connectivity index (χ0v) is 10.6. The van der Waals surface area contributed by atoms with E-state index in [1.807, 2.05) is 19.3 Å². The fraction of sp³-hybridized carbons (Fsp3) is 0.462. The Morgan fingerprint density at radius 1 is 1.47 bits per heavy atom. The van der Waals surface area contributed by atoms with E-state index in [-0.39, 0.29) is 6.04 Å². The van der Waals surface area contributed by atoms with Crippen LogP contribution in [-0.2, 0) is 6.54 Å². The molecule has 0 aromatic carbocycles. The van der Waals surface area contributed by atoms with Crippen LogP contribution in [0.1, 0.15) is 37.0 Å². The maximum atomic E-state index is 5.39. The van der Waals surface area contributed by atoms with Gasteiger partial charge in [0.15, 0.2) is 0 Å². The highest BCUT2D eigenvalue weighted by Crippen LogP contribution is 2.22. The molecule has 0 amide bonds. The van der Waals surface area contributed by atoms with Crippen molar-refractivity contribution in [3.8, 4) is 0 Å². The third kappa shape index (κ3) is 2.42. The highest BCUT2D eigenvalue weighted by Gasteiger charge is 2.19. The number of nitrogens with zero attached hydrogens (tertiary/aromatic N) is 2. The first kappa shape index (κ1) is 11.9. The Balaban J connectivity index is 2.35. The summed E-state index contributed by atoms with van der Waals surface area (Å²) in [7, 11) is 0. The van der Waals surface area contributed by atoms with Crippen LogP contribution in [0.4, 0.5) is 0 Å². The highest BCUT2D eigenvalue weighted by atomic mass is 16.3. The van der Waals surface area contributed by atoms with E-state index in [4.69, 9.17) is 4.42 Å². The van der Waals surface area contributed by atoms with Gasteiger partial charge in [-0.05, 0) is 26.5 Å². The van der Waals surface area contributed by atoms with Crippen LogP contribution >= 0.6 is 0 Å². The molecule has 0 aliphatic rings. The van der Waals surface area contributed by atoms with Crippen LogP contribution in [0, 0.1) is 6.92 Å². The molecule has 17 heavy (non-hydrogen) atoms.